The number of hydrogen-bond donors (Lipinski definition) is 3. The molecule has 1 rings (SSSR count). The first kappa shape index (κ1) is 17.9. The lowest BCUT2D eigenvalue weighted by molar-refractivity contribution is 0.218. The minimum absolute atomic E-state index is 0.0417. The third-order valence-electron chi connectivity index (χ3n) is 1.67. The van der Waals surface area contributed by atoms with Crippen LogP contribution < -0.4 is 17.2 Å². The summed E-state index contributed by atoms with van der Waals surface area (Å²) in [7, 11) is 6.12. The summed E-state index contributed by atoms with van der Waals surface area (Å²) in [6.45, 7) is 0. The second-order valence-corrected chi connectivity index (χ2v) is 3.96. The molecule has 0 aliphatic heterocycles. The SMILES string of the molecule is CN(C)C(=O)N=NC(=O)N(C)C.Nc1nc(N)nc(N)n1. The van der Waals surface area contributed by atoms with E-state index in [1.165, 1.54) is 38.0 Å². The zero-order valence-corrected chi connectivity index (χ0v) is 12.2. The fourth-order valence-electron chi connectivity index (χ4n) is 0.692. The molecule has 12 nitrogen and oxygen atoms in total. The largest absolute Gasteiger partial charge is 0.368 e. The fourth-order valence-corrected chi connectivity index (χ4v) is 0.692. The Morgan fingerprint density at radius 1 is 0.762 bits per heavy atom. The molecule has 0 bridgehead atoms. The number of carbonyl (C=O) groups excluding carboxylic acids is 2. The van der Waals surface area contributed by atoms with E-state index in [9.17, 15) is 9.59 Å². The van der Waals surface area contributed by atoms with Gasteiger partial charge < -0.3 is 27.0 Å². The molecule has 1 aromatic rings. The molecule has 0 atom stereocenters. The van der Waals surface area contributed by atoms with E-state index in [4.69, 9.17) is 17.2 Å². The predicted octanol–water partition coefficient (Wildman–Crippen LogP) is -0.580. The van der Waals surface area contributed by atoms with Gasteiger partial charge in [-0.2, -0.15) is 15.0 Å². The molecule has 1 aromatic heterocycles. The minimum Gasteiger partial charge on any atom is -0.368 e. The highest BCUT2D eigenvalue weighted by atomic mass is 16.2. The average Bonchev–Trinajstić information content (AvgIpc) is 2.34. The summed E-state index contributed by atoms with van der Waals surface area (Å²) in [6.07, 6.45) is 0. The molecule has 4 amide bonds. The van der Waals surface area contributed by atoms with Crippen LogP contribution in [0.3, 0.4) is 0 Å². The van der Waals surface area contributed by atoms with Crippen molar-refractivity contribution < 1.29 is 9.59 Å². The van der Waals surface area contributed by atoms with E-state index < -0.39 is 12.1 Å². The Kier molecular flexibility index (Phi) is 7.00. The summed E-state index contributed by atoms with van der Waals surface area (Å²) < 4.78 is 0. The third kappa shape index (κ3) is 7.86. The van der Waals surface area contributed by atoms with Crippen molar-refractivity contribution in [2.45, 2.75) is 0 Å². The topological polar surface area (TPSA) is 182 Å². The van der Waals surface area contributed by atoms with Crippen LogP contribution in [0.4, 0.5) is 27.4 Å². The second-order valence-electron chi connectivity index (χ2n) is 3.96. The quantitative estimate of drug-likeness (QED) is 0.531. The van der Waals surface area contributed by atoms with Crippen LogP contribution in [-0.2, 0) is 0 Å². The van der Waals surface area contributed by atoms with Crippen LogP contribution in [0.25, 0.3) is 0 Å². The van der Waals surface area contributed by atoms with Gasteiger partial charge in [0.15, 0.2) is 0 Å². The van der Waals surface area contributed by atoms with Crippen LogP contribution in [0.5, 0.6) is 0 Å². The van der Waals surface area contributed by atoms with Crippen LogP contribution >= 0.6 is 0 Å². The van der Waals surface area contributed by atoms with Gasteiger partial charge in [-0.05, 0) is 0 Å². The number of nitrogens with two attached hydrogens (primary N) is 3. The molecule has 21 heavy (non-hydrogen) atoms. The zero-order valence-electron chi connectivity index (χ0n) is 12.2. The van der Waals surface area contributed by atoms with E-state index >= 15 is 0 Å². The van der Waals surface area contributed by atoms with Crippen LogP contribution in [0.1, 0.15) is 0 Å². The lowest BCUT2D eigenvalue weighted by Crippen LogP contribution is -2.20. The Morgan fingerprint density at radius 3 is 1.19 bits per heavy atom. The number of azo groups is 1. The number of aromatic nitrogens is 3. The molecule has 6 N–H and O–H groups in total. The first-order chi connectivity index (χ1) is 9.63. The monoisotopic (exact) mass is 298 g/mol. The molecule has 0 aliphatic carbocycles. The van der Waals surface area contributed by atoms with E-state index in [-0.39, 0.29) is 17.8 Å². The van der Waals surface area contributed by atoms with Crippen molar-refractivity contribution in [1.82, 2.24) is 24.8 Å². The van der Waals surface area contributed by atoms with Gasteiger partial charge in [-0.3, -0.25) is 0 Å². The second kappa shape index (κ2) is 8.19. The summed E-state index contributed by atoms with van der Waals surface area (Å²) >= 11 is 0. The predicted molar refractivity (Wildman–Crippen MR) is 76.1 cm³/mol. The van der Waals surface area contributed by atoms with E-state index in [2.05, 4.69) is 25.2 Å². The van der Waals surface area contributed by atoms with Crippen molar-refractivity contribution in [2.75, 3.05) is 45.4 Å². The molecular weight excluding hydrogens is 280 g/mol. The van der Waals surface area contributed by atoms with E-state index in [1.54, 1.807) is 0 Å². The number of hydrogen-bond acceptors (Lipinski definition) is 8. The molecule has 0 spiro atoms. The van der Waals surface area contributed by atoms with Gasteiger partial charge in [0.25, 0.3) is 0 Å². The summed E-state index contributed by atoms with van der Waals surface area (Å²) in [5.74, 6) is 0.125. The van der Waals surface area contributed by atoms with Crippen molar-refractivity contribution in [3.63, 3.8) is 0 Å². The van der Waals surface area contributed by atoms with Crippen molar-refractivity contribution in [2.24, 2.45) is 10.2 Å². The molecule has 1 heterocycles. The Hall–Kier alpha value is -3.05. The molecule has 0 aromatic carbocycles. The minimum atomic E-state index is -0.551. The Morgan fingerprint density at radius 2 is 1.00 bits per heavy atom. The Balaban J connectivity index is 0.000000394. The first-order valence-corrected chi connectivity index (χ1v) is 5.50. The molecule has 0 fully saturated rings. The van der Waals surface area contributed by atoms with E-state index in [1.807, 2.05) is 0 Å². The van der Waals surface area contributed by atoms with Crippen molar-refractivity contribution in [3.05, 3.63) is 0 Å². The molecule has 12 heteroatoms. The molecule has 0 saturated heterocycles. The van der Waals surface area contributed by atoms with Gasteiger partial charge in [0.05, 0.1) is 0 Å². The highest BCUT2D eigenvalue weighted by Crippen LogP contribution is 1.97. The number of amides is 4. The van der Waals surface area contributed by atoms with E-state index in [0.29, 0.717) is 0 Å². The van der Waals surface area contributed by atoms with E-state index in [0.717, 1.165) is 0 Å². The summed E-state index contributed by atoms with van der Waals surface area (Å²) in [5.41, 5.74) is 15.4. The third-order valence-corrected chi connectivity index (χ3v) is 1.67. The van der Waals surface area contributed by atoms with Crippen LogP contribution in [0, 0.1) is 0 Å². The molecule has 0 radical (unpaired) electrons. The Bertz CT molecular complexity index is 455. The maximum atomic E-state index is 10.8. The lowest BCUT2D eigenvalue weighted by atomic mass is 10.8. The molecular formula is C9H18N10O2. The van der Waals surface area contributed by atoms with Crippen LogP contribution in [-0.4, -0.2) is 65.0 Å². The highest BCUT2D eigenvalue weighted by Gasteiger charge is 2.03. The summed E-state index contributed by atoms with van der Waals surface area (Å²) in [5, 5.41) is 6.33. The van der Waals surface area contributed by atoms with Gasteiger partial charge in [0.2, 0.25) is 17.8 Å². The molecule has 0 aliphatic rings. The van der Waals surface area contributed by atoms with Crippen LogP contribution in [0.15, 0.2) is 10.2 Å². The van der Waals surface area contributed by atoms with Gasteiger partial charge in [-0.15, -0.1) is 0 Å². The smallest absolute Gasteiger partial charge is 0.361 e. The zero-order chi connectivity index (χ0) is 16.6. The van der Waals surface area contributed by atoms with Gasteiger partial charge >= 0.3 is 12.1 Å². The number of nitrogens with zero attached hydrogens (tertiary/aromatic N) is 7. The highest BCUT2D eigenvalue weighted by molar-refractivity contribution is 5.79. The van der Waals surface area contributed by atoms with Crippen molar-refractivity contribution >= 4 is 29.9 Å². The summed E-state index contributed by atoms with van der Waals surface area (Å²) in [6, 6.07) is -1.10. The maximum Gasteiger partial charge on any atom is 0.361 e. The van der Waals surface area contributed by atoms with Crippen molar-refractivity contribution in [1.29, 1.82) is 0 Å². The number of rotatable bonds is 0. The fraction of sp³-hybridized carbons (Fsp3) is 0.444. The molecule has 0 unspecified atom stereocenters. The van der Waals surface area contributed by atoms with Gasteiger partial charge in [-0.1, -0.05) is 10.2 Å². The molecule has 116 valence electrons. The number of carbonyl (C=O) groups is 2. The van der Waals surface area contributed by atoms with Gasteiger partial charge in [0, 0.05) is 28.2 Å². The van der Waals surface area contributed by atoms with Gasteiger partial charge in [-0.25, -0.2) is 9.59 Å². The normalized spacial score (nSPS) is 9.71. The lowest BCUT2D eigenvalue weighted by Gasteiger charge is -2.05. The maximum absolute atomic E-state index is 10.8. The van der Waals surface area contributed by atoms with Crippen molar-refractivity contribution in [3.8, 4) is 0 Å². The summed E-state index contributed by atoms with van der Waals surface area (Å²) in [4.78, 5) is 34.4. The molecule has 0 saturated carbocycles. The van der Waals surface area contributed by atoms with Gasteiger partial charge in [0.1, 0.15) is 0 Å². The number of anilines is 3. The number of urea groups is 2. The standard InChI is InChI=1S/C6H12N4O2.C3H6N6/c1-9(2)5(11)7-8-6(12)10(3)4;4-1-7-2(5)9-3(6)8-1/h1-4H3;(H6,4,5,6,7,8,9). The average molecular weight is 298 g/mol. The Labute approximate surface area is 121 Å². The van der Waals surface area contributed by atoms with Crippen LogP contribution in [0.2, 0.25) is 0 Å². The first-order valence-electron chi connectivity index (χ1n) is 5.50. The number of nitrogen functional groups attached to an aromatic ring is 3.